The Morgan fingerprint density at radius 3 is 2.55 bits per heavy atom. The number of carbonyl (C=O) groups excluding carboxylic acids is 1. The standard InChI is InChI=1S/C24H37N5O2/c1-6-17(5)23(30)28-20-12-10-11-18(13-20)15-26-24(25-9-4)27-16-21-14-22(29-31-21)19(7-2)8-3/h10-14,17,19H,6-9,15-16H2,1-5H3,(H,28,30)(H2,25,26,27). The first kappa shape index (κ1) is 24.4. The summed E-state index contributed by atoms with van der Waals surface area (Å²) < 4.78 is 5.49. The molecule has 0 aliphatic rings. The first-order chi connectivity index (χ1) is 15.0. The molecule has 0 radical (unpaired) electrons. The maximum atomic E-state index is 12.1. The van der Waals surface area contributed by atoms with Crippen LogP contribution in [0.5, 0.6) is 0 Å². The zero-order valence-corrected chi connectivity index (χ0v) is 19.5. The number of aromatic nitrogens is 1. The second-order valence-corrected chi connectivity index (χ2v) is 7.78. The number of hydrogen-bond acceptors (Lipinski definition) is 4. The lowest BCUT2D eigenvalue weighted by Crippen LogP contribution is -2.36. The number of nitrogens with one attached hydrogen (secondary N) is 3. The third-order valence-electron chi connectivity index (χ3n) is 5.43. The van der Waals surface area contributed by atoms with Crippen molar-refractivity contribution in [3.05, 3.63) is 47.3 Å². The summed E-state index contributed by atoms with van der Waals surface area (Å²) in [7, 11) is 0. The van der Waals surface area contributed by atoms with E-state index in [1.54, 1.807) is 0 Å². The Morgan fingerprint density at radius 2 is 1.87 bits per heavy atom. The van der Waals surface area contributed by atoms with E-state index < -0.39 is 0 Å². The predicted octanol–water partition coefficient (Wildman–Crippen LogP) is 4.82. The van der Waals surface area contributed by atoms with Crippen molar-refractivity contribution in [3.8, 4) is 0 Å². The van der Waals surface area contributed by atoms with E-state index in [2.05, 4.69) is 39.9 Å². The van der Waals surface area contributed by atoms with Crippen molar-refractivity contribution < 1.29 is 9.32 Å². The van der Waals surface area contributed by atoms with Crippen molar-refractivity contribution in [2.75, 3.05) is 11.9 Å². The van der Waals surface area contributed by atoms with Crippen LogP contribution < -0.4 is 16.0 Å². The molecule has 0 aliphatic carbocycles. The van der Waals surface area contributed by atoms with E-state index in [-0.39, 0.29) is 11.8 Å². The normalized spacial score (nSPS) is 12.6. The van der Waals surface area contributed by atoms with Crippen LogP contribution in [0.1, 0.15) is 76.8 Å². The van der Waals surface area contributed by atoms with Crippen LogP contribution in [-0.2, 0) is 17.9 Å². The van der Waals surface area contributed by atoms with Gasteiger partial charge in [-0.2, -0.15) is 0 Å². The van der Waals surface area contributed by atoms with Gasteiger partial charge in [0.05, 0.1) is 18.8 Å². The molecule has 2 rings (SSSR count). The Kier molecular flexibility index (Phi) is 10.1. The predicted molar refractivity (Wildman–Crippen MR) is 126 cm³/mol. The van der Waals surface area contributed by atoms with Crippen LogP contribution in [0.15, 0.2) is 39.8 Å². The zero-order chi connectivity index (χ0) is 22.6. The number of nitrogens with zero attached hydrogens (tertiary/aromatic N) is 2. The molecule has 0 saturated carbocycles. The molecule has 1 heterocycles. The molecule has 1 aromatic carbocycles. The summed E-state index contributed by atoms with van der Waals surface area (Å²) in [6, 6.07) is 9.83. The zero-order valence-electron chi connectivity index (χ0n) is 19.5. The molecule has 7 nitrogen and oxygen atoms in total. The fraction of sp³-hybridized carbons (Fsp3) is 0.542. The third kappa shape index (κ3) is 7.74. The number of carbonyl (C=O) groups is 1. The van der Waals surface area contributed by atoms with Crippen LogP contribution in [0.3, 0.4) is 0 Å². The summed E-state index contributed by atoms with van der Waals surface area (Å²) in [5.74, 6) is 1.97. The summed E-state index contributed by atoms with van der Waals surface area (Å²) in [6.07, 6.45) is 2.92. The second kappa shape index (κ2) is 12.8. The molecule has 0 bridgehead atoms. The minimum absolute atomic E-state index is 0.00669. The quantitative estimate of drug-likeness (QED) is 0.353. The van der Waals surface area contributed by atoms with Gasteiger partial charge in [-0.1, -0.05) is 45.0 Å². The Labute approximate surface area is 186 Å². The third-order valence-corrected chi connectivity index (χ3v) is 5.43. The maximum Gasteiger partial charge on any atom is 0.227 e. The Bertz CT molecular complexity index is 842. The van der Waals surface area contributed by atoms with Crippen molar-refractivity contribution in [1.29, 1.82) is 0 Å². The molecule has 1 aromatic heterocycles. The van der Waals surface area contributed by atoms with Gasteiger partial charge in [-0.05, 0) is 43.9 Å². The van der Waals surface area contributed by atoms with Crippen LogP contribution >= 0.6 is 0 Å². The van der Waals surface area contributed by atoms with Gasteiger partial charge in [-0.25, -0.2) is 4.99 Å². The average Bonchev–Trinajstić information content (AvgIpc) is 3.25. The van der Waals surface area contributed by atoms with Gasteiger partial charge in [0.2, 0.25) is 5.91 Å². The van der Waals surface area contributed by atoms with Gasteiger partial charge in [-0.15, -0.1) is 0 Å². The van der Waals surface area contributed by atoms with Crippen LogP contribution in [0.25, 0.3) is 0 Å². The lowest BCUT2D eigenvalue weighted by molar-refractivity contribution is -0.119. The number of rotatable bonds is 11. The van der Waals surface area contributed by atoms with Gasteiger partial charge in [0, 0.05) is 30.1 Å². The summed E-state index contributed by atoms with van der Waals surface area (Å²) >= 11 is 0. The van der Waals surface area contributed by atoms with E-state index in [1.807, 2.05) is 51.1 Å². The molecule has 3 N–H and O–H groups in total. The molecule has 1 unspecified atom stereocenters. The Hall–Kier alpha value is -2.83. The number of amides is 1. The van der Waals surface area contributed by atoms with Crippen LogP contribution in [0.2, 0.25) is 0 Å². The summed E-state index contributed by atoms with van der Waals surface area (Å²) in [6.45, 7) is 12.1. The molecule has 0 fully saturated rings. The second-order valence-electron chi connectivity index (χ2n) is 7.78. The molecule has 31 heavy (non-hydrogen) atoms. The number of guanidine groups is 1. The van der Waals surface area contributed by atoms with E-state index in [0.717, 1.165) is 48.5 Å². The monoisotopic (exact) mass is 427 g/mol. The van der Waals surface area contributed by atoms with Crippen molar-refractivity contribution in [2.45, 2.75) is 72.9 Å². The Morgan fingerprint density at radius 1 is 1.10 bits per heavy atom. The SMILES string of the molecule is CCNC(=NCc1cccc(NC(=O)C(C)CC)c1)NCc1cc(C(CC)CC)no1. The largest absolute Gasteiger partial charge is 0.359 e. The summed E-state index contributed by atoms with van der Waals surface area (Å²) in [4.78, 5) is 16.8. The van der Waals surface area contributed by atoms with Crippen LogP contribution in [0, 0.1) is 5.92 Å². The summed E-state index contributed by atoms with van der Waals surface area (Å²) in [5, 5.41) is 13.7. The van der Waals surface area contributed by atoms with E-state index in [1.165, 1.54) is 0 Å². The molecular weight excluding hydrogens is 390 g/mol. The molecule has 1 atom stereocenters. The highest BCUT2D eigenvalue weighted by molar-refractivity contribution is 5.92. The van der Waals surface area contributed by atoms with Crippen molar-refractivity contribution in [2.24, 2.45) is 10.9 Å². The smallest absolute Gasteiger partial charge is 0.227 e. The van der Waals surface area contributed by atoms with Crippen LogP contribution in [0.4, 0.5) is 5.69 Å². The molecule has 0 spiro atoms. The highest BCUT2D eigenvalue weighted by Gasteiger charge is 2.13. The van der Waals surface area contributed by atoms with E-state index >= 15 is 0 Å². The topological polar surface area (TPSA) is 91.5 Å². The van der Waals surface area contributed by atoms with E-state index in [0.29, 0.717) is 25.0 Å². The molecule has 0 aliphatic heterocycles. The molecule has 0 saturated heterocycles. The van der Waals surface area contributed by atoms with Gasteiger partial charge in [-0.3, -0.25) is 4.79 Å². The molecule has 1 amide bonds. The number of benzene rings is 1. The minimum Gasteiger partial charge on any atom is -0.359 e. The lowest BCUT2D eigenvalue weighted by atomic mass is 9.99. The lowest BCUT2D eigenvalue weighted by Gasteiger charge is -2.12. The first-order valence-electron chi connectivity index (χ1n) is 11.4. The fourth-order valence-electron chi connectivity index (χ4n) is 3.19. The number of aliphatic imine (C=N–C) groups is 1. The van der Waals surface area contributed by atoms with Gasteiger partial charge in [0.15, 0.2) is 11.7 Å². The van der Waals surface area contributed by atoms with Crippen molar-refractivity contribution >= 4 is 17.6 Å². The van der Waals surface area contributed by atoms with E-state index in [9.17, 15) is 4.79 Å². The van der Waals surface area contributed by atoms with E-state index in [4.69, 9.17) is 4.52 Å². The molecule has 170 valence electrons. The first-order valence-corrected chi connectivity index (χ1v) is 11.4. The average molecular weight is 428 g/mol. The Balaban J connectivity index is 1.98. The van der Waals surface area contributed by atoms with Gasteiger partial charge >= 0.3 is 0 Å². The number of anilines is 1. The highest BCUT2D eigenvalue weighted by Crippen LogP contribution is 2.22. The molecule has 7 heteroatoms. The van der Waals surface area contributed by atoms with Gasteiger partial charge in [0.25, 0.3) is 0 Å². The highest BCUT2D eigenvalue weighted by atomic mass is 16.5. The van der Waals surface area contributed by atoms with Crippen LogP contribution in [-0.4, -0.2) is 23.6 Å². The van der Waals surface area contributed by atoms with Gasteiger partial charge in [0.1, 0.15) is 0 Å². The summed E-state index contributed by atoms with van der Waals surface area (Å²) in [5.41, 5.74) is 2.83. The minimum atomic E-state index is -0.00669. The maximum absolute atomic E-state index is 12.1. The molecular formula is C24H37N5O2. The fourth-order valence-corrected chi connectivity index (χ4v) is 3.19. The van der Waals surface area contributed by atoms with Crippen molar-refractivity contribution in [3.63, 3.8) is 0 Å². The number of hydrogen-bond donors (Lipinski definition) is 3. The van der Waals surface area contributed by atoms with Crippen molar-refractivity contribution in [1.82, 2.24) is 15.8 Å². The molecule has 2 aromatic rings. The van der Waals surface area contributed by atoms with Gasteiger partial charge < -0.3 is 20.5 Å².